The fourth-order valence-electron chi connectivity index (χ4n) is 4.65. The van der Waals surface area contributed by atoms with Crippen molar-refractivity contribution < 1.29 is 0 Å². The van der Waals surface area contributed by atoms with Gasteiger partial charge in [0.1, 0.15) is 0 Å². The van der Waals surface area contributed by atoms with E-state index in [4.69, 9.17) is 23.8 Å². The predicted octanol–water partition coefficient (Wildman–Crippen LogP) is 6.31. The Bertz CT molecular complexity index is 1290. The van der Waals surface area contributed by atoms with Crippen LogP contribution in [0, 0.1) is 6.92 Å². The Balaban J connectivity index is 1.44. The minimum Gasteiger partial charge on any atom is -0.385 e. The average molecular weight is 502 g/mol. The van der Waals surface area contributed by atoms with E-state index in [9.17, 15) is 0 Å². The highest BCUT2D eigenvalue weighted by Crippen LogP contribution is 2.39. The maximum absolute atomic E-state index is 6.31. The van der Waals surface area contributed by atoms with Crippen LogP contribution in [0.2, 0.25) is 5.02 Å². The molecule has 0 spiro atoms. The van der Waals surface area contributed by atoms with E-state index < -0.39 is 0 Å². The van der Waals surface area contributed by atoms with Crippen LogP contribution < -0.4 is 10.6 Å². The van der Waals surface area contributed by atoms with E-state index in [1.54, 1.807) is 0 Å². The van der Waals surface area contributed by atoms with Crippen molar-refractivity contribution in [2.45, 2.75) is 25.4 Å². The van der Waals surface area contributed by atoms with E-state index in [2.05, 4.69) is 73.7 Å². The molecule has 7 heteroatoms. The Morgan fingerprint density at radius 3 is 2.63 bits per heavy atom. The summed E-state index contributed by atoms with van der Waals surface area (Å²) in [6.45, 7) is 3.72. The molecule has 4 aromatic rings. The number of para-hydroxylation sites is 1. The van der Waals surface area contributed by atoms with Crippen LogP contribution in [0.25, 0.3) is 5.69 Å². The lowest BCUT2D eigenvalue weighted by atomic mass is 10.0. The van der Waals surface area contributed by atoms with E-state index >= 15 is 0 Å². The van der Waals surface area contributed by atoms with Crippen molar-refractivity contribution in [2.24, 2.45) is 0 Å². The molecule has 0 radical (unpaired) electrons. The minimum atomic E-state index is -0.0483. The summed E-state index contributed by atoms with van der Waals surface area (Å²) in [6, 6.07) is 26.7. The van der Waals surface area contributed by atoms with Gasteiger partial charge in [0.15, 0.2) is 5.11 Å². The lowest BCUT2D eigenvalue weighted by Gasteiger charge is -2.29. The number of nitrogens with one attached hydrogen (secondary N) is 2. The van der Waals surface area contributed by atoms with Crippen LogP contribution >= 0.6 is 23.8 Å². The van der Waals surface area contributed by atoms with Gasteiger partial charge in [-0.15, -0.1) is 0 Å². The van der Waals surface area contributed by atoms with Crippen molar-refractivity contribution in [1.29, 1.82) is 0 Å². The average Bonchev–Trinajstić information content (AvgIpc) is 3.49. The van der Waals surface area contributed by atoms with E-state index in [0.29, 0.717) is 0 Å². The second kappa shape index (κ2) is 10.5. The number of thiocarbonyl (C=S) groups is 1. The van der Waals surface area contributed by atoms with Crippen LogP contribution in [0.5, 0.6) is 0 Å². The Morgan fingerprint density at radius 2 is 1.86 bits per heavy atom. The van der Waals surface area contributed by atoms with Crippen molar-refractivity contribution in [3.8, 4) is 5.69 Å². The molecule has 5 nitrogen and oxygen atoms in total. The third-order valence-electron chi connectivity index (χ3n) is 6.38. The molecule has 1 aliphatic rings. The molecule has 1 saturated heterocycles. The molecule has 3 heterocycles. The van der Waals surface area contributed by atoms with Crippen molar-refractivity contribution in [2.75, 3.05) is 18.4 Å². The molecule has 0 saturated carbocycles. The number of aryl methyl sites for hydroxylation is 1. The maximum atomic E-state index is 6.31. The predicted molar refractivity (Wildman–Crippen MR) is 147 cm³/mol. The van der Waals surface area contributed by atoms with Crippen molar-refractivity contribution in [1.82, 2.24) is 19.8 Å². The first-order chi connectivity index (χ1) is 17.1. The Kier molecular flexibility index (Phi) is 7.02. The minimum absolute atomic E-state index is 0.000101. The molecule has 35 heavy (non-hydrogen) atoms. The highest BCUT2D eigenvalue weighted by Gasteiger charge is 2.40. The summed E-state index contributed by atoms with van der Waals surface area (Å²) in [5, 5.41) is 8.58. The van der Waals surface area contributed by atoms with Gasteiger partial charge in [-0.05, 0) is 85.7 Å². The smallest absolute Gasteiger partial charge is 0.170 e. The first kappa shape index (κ1) is 23.4. The van der Waals surface area contributed by atoms with Gasteiger partial charge in [0, 0.05) is 47.6 Å². The molecule has 2 unspecified atom stereocenters. The monoisotopic (exact) mass is 501 g/mol. The van der Waals surface area contributed by atoms with E-state index in [1.165, 1.54) is 0 Å². The standard InChI is InChI=1S/C28H28ClN5S/c1-20-19-22(13-14-23(20)29)33-17-7-12-25(33)27-26(24-11-5-6-15-31-24)32-28(35)34(27)18-8-16-30-21-9-3-2-4-10-21/h2-7,9-15,17,19,26-27,30H,8,16,18H2,1H3,(H,32,35). The molecule has 178 valence electrons. The van der Waals surface area contributed by atoms with Gasteiger partial charge in [-0.3, -0.25) is 4.98 Å². The Labute approximate surface area is 216 Å². The van der Waals surface area contributed by atoms with Crippen LogP contribution in [-0.2, 0) is 0 Å². The number of aromatic nitrogens is 2. The molecular formula is C28H28ClN5S. The van der Waals surface area contributed by atoms with Crippen LogP contribution in [-0.4, -0.2) is 32.7 Å². The number of benzene rings is 2. The van der Waals surface area contributed by atoms with Crippen LogP contribution in [0.15, 0.2) is 91.3 Å². The number of hydrogen-bond acceptors (Lipinski definition) is 3. The van der Waals surface area contributed by atoms with Crippen molar-refractivity contribution in [3.63, 3.8) is 0 Å². The van der Waals surface area contributed by atoms with Gasteiger partial charge < -0.3 is 20.1 Å². The van der Waals surface area contributed by atoms with Crippen molar-refractivity contribution >= 4 is 34.6 Å². The van der Waals surface area contributed by atoms with Gasteiger partial charge >= 0.3 is 0 Å². The largest absolute Gasteiger partial charge is 0.385 e. The first-order valence-electron chi connectivity index (χ1n) is 11.8. The third kappa shape index (κ3) is 5.04. The lowest BCUT2D eigenvalue weighted by molar-refractivity contribution is 0.307. The van der Waals surface area contributed by atoms with Crippen LogP contribution in [0.3, 0.4) is 0 Å². The molecule has 1 aliphatic heterocycles. The molecule has 0 amide bonds. The summed E-state index contributed by atoms with van der Waals surface area (Å²) >= 11 is 12.2. The molecule has 2 aromatic heterocycles. The van der Waals surface area contributed by atoms with Gasteiger partial charge in [-0.1, -0.05) is 35.9 Å². The normalized spacial score (nSPS) is 17.4. The fourth-order valence-corrected chi connectivity index (χ4v) is 5.10. The Morgan fingerprint density at radius 1 is 1.03 bits per heavy atom. The molecule has 2 atom stereocenters. The molecule has 2 N–H and O–H groups in total. The molecule has 2 aromatic carbocycles. The molecule has 0 bridgehead atoms. The number of nitrogens with zero attached hydrogens (tertiary/aromatic N) is 3. The third-order valence-corrected chi connectivity index (χ3v) is 7.16. The van der Waals surface area contributed by atoms with E-state index in [0.717, 1.165) is 58.0 Å². The number of rotatable bonds is 8. The van der Waals surface area contributed by atoms with Gasteiger partial charge in [-0.25, -0.2) is 0 Å². The van der Waals surface area contributed by atoms with Gasteiger partial charge in [0.25, 0.3) is 0 Å². The zero-order valence-electron chi connectivity index (χ0n) is 19.6. The second-order valence-electron chi connectivity index (χ2n) is 8.70. The topological polar surface area (TPSA) is 45.1 Å². The fraction of sp³-hybridized carbons (Fsp3) is 0.214. The van der Waals surface area contributed by atoms with Crippen LogP contribution in [0.4, 0.5) is 5.69 Å². The second-order valence-corrected chi connectivity index (χ2v) is 9.50. The van der Waals surface area contributed by atoms with Crippen LogP contribution in [0.1, 0.15) is 35.5 Å². The summed E-state index contributed by atoms with van der Waals surface area (Å²) in [6.07, 6.45) is 4.89. The highest BCUT2D eigenvalue weighted by atomic mass is 35.5. The molecular weight excluding hydrogens is 474 g/mol. The molecule has 5 rings (SSSR count). The number of anilines is 1. The summed E-state index contributed by atoms with van der Waals surface area (Å²) in [5.41, 5.74) is 5.39. The molecule has 0 aliphatic carbocycles. The highest BCUT2D eigenvalue weighted by molar-refractivity contribution is 7.80. The first-order valence-corrected chi connectivity index (χ1v) is 12.6. The number of halogens is 1. The van der Waals surface area contributed by atoms with Gasteiger partial charge in [-0.2, -0.15) is 0 Å². The summed E-state index contributed by atoms with van der Waals surface area (Å²) < 4.78 is 2.23. The number of hydrogen-bond donors (Lipinski definition) is 2. The summed E-state index contributed by atoms with van der Waals surface area (Å²) in [5.74, 6) is 0. The van der Waals surface area contributed by atoms with E-state index in [-0.39, 0.29) is 12.1 Å². The summed E-state index contributed by atoms with van der Waals surface area (Å²) in [4.78, 5) is 6.97. The van der Waals surface area contributed by atoms with Gasteiger partial charge in [0.2, 0.25) is 0 Å². The summed E-state index contributed by atoms with van der Waals surface area (Å²) in [7, 11) is 0. The van der Waals surface area contributed by atoms with Gasteiger partial charge in [0.05, 0.1) is 17.8 Å². The quantitative estimate of drug-likeness (QED) is 0.219. The zero-order valence-corrected chi connectivity index (χ0v) is 21.1. The Hall–Kier alpha value is -3.35. The number of pyridine rings is 1. The zero-order chi connectivity index (χ0) is 24.2. The maximum Gasteiger partial charge on any atom is 0.170 e. The van der Waals surface area contributed by atoms with E-state index in [1.807, 2.05) is 49.5 Å². The SMILES string of the molecule is Cc1cc(-n2cccc2C2C(c3ccccn3)NC(=S)N2CCCNc2ccccc2)ccc1Cl. The lowest BCUT2D eigenvalue weighted by Crippen LogP contribution is -2.32. The molecule has 1 fully saturated rings. The van der Waals surface area contributed by atoms with Crippen molar-refractivity contribution in [3.05, 3.63) is 113 Å².